The fraction of sp³-hybridized carbons (Fsp3) is 0.111. The minimum absolute atomic E-state index is 0.0583. The van der Waals surface area contributed by atoms with Gasteiger partial charge in [-0.3, -0.25) is 14.2 Å². The fourth-order valence-electron chi connectivity index (χ4n) is 2.71. The maximum atomic E-state index is 13.8. The third-order valence-corrected chi connectivity index (χ3v) is 3.88. The topological polar surface area (TPSA) is 128 Å². The molecule has 0 bridgehead atoms. The number of carbonyl (C=O) groups is 1. The van der Waals surface area contributed by atoms with Gasteiger partial charge in [-0.25, -0.2) is 9.37 Å². The quantitative estimate of drug-likeness (QED) is 0.739. The third kappa shape index (κ3) is 2.81. The summed E-state index contributed by atoms with van der Waals surface area (Å²) in [7, 11) is 0. The first-order chi connectivity index (χ1) is 12.3. The standard InChI is InChI=1S/C18H14FN5O2/c1-9(21)17-23-15-11(8-20)5-12(19)7-14(15)18(26)24(17)13-4-2-3-10(6-13)16(22)25/h2-7,9H,21H2,1H3,(H2,22,25). The SMILES string of the molecule is CC(N)c1nc2c(C#N)cc(F)cc2c(=O)n1-c1cccc(C(N)=O)c1. The van der Waals surface area contributed by atoms with Crippen LogP contribution in [0.3, 0.4) is 0 Å². The van der Waals surface area contributed by atoms with Crippen LogP contribution in [0.1, 0.15) is 34.7 Å². The number of carbonyl (C=O) groups excluding carboxylic acids is 1. The Morgan fingerprint density at radius 1 is 1.35 bits per heavy atom. The molecule has 4 N–H and O–H groups in total. The van der Waals surface area contributed by atoms with Crippen molar-refractivity contribution in [3.63, 3.8) is 0 Å². The number of aromatic nitrogens is 2. The van der Waals surface area contributed by atoms with Crippen molar-refractivity contribution in [1.82, 2.24) is 9.55 Å². The minimum atomic E-state index is -0.723. The van der Waals surface area contributed by atoms with Crippen LogP contribution in [0.2, 0.25) is 0 Å². The van der Waals surface area contributed by atoms with Crippen molar-refractivity contribution in [3.05, 3.63) is 69.5 Å². The van der Waals surface area contributed by atoms with Crippen molar-refractivity contribution in [3.8, 4) is 11.8 Å². The molecule has 1 heterocycles. The van der Waals surface area contributed by atoms with E-state index < -0.39 is 23.3 Å². The summed E-state index contributed by atoms with van der Waals surface area (Å²) in [5, 5.41) is 9.16. The van der Waals surface area contributed by atoms with Crippen molar-refractivity contribution < 1.29 is 9.18 Å². The molecular formula is C18H14FN5O2. The molecule has 3 rings (SSSR count). The molecule has 1 atom stereocenters. The smallest absolute Gasteiger partial charge is 0.266 e. The molecule has 7 nitrogen and oxygen atoms in total. The lowest BCUT2D eigenvalue weighted by atomic mass is 10.1. The zero-order valence-corrected chi connectivity index (χ0v) is 13.7. The molecule has 0 fully saturated rings. The second-order valence-electron chi connectivity index (χ2n) is 5.78. The molecule has 0 aliphatic heterocycles. The summed E-state index contributed by atoms with van der Waals surface area (Å²) in [6.45, 7) is 1.62. The lowest BCUT2D eigenvalue weighted by Gasteiger charge is -2.16. The molecule has 26 heavy (non-hydrogen) atoms. The molecular weight excluding hydrogens is 337 g/mol. The van der Waals surface area contributed by atoms with Crippen LogP contribution in [-0.2, 0) is 0 Å². The van der Waals surface area contributed by atoms with Gasteiger partial charge in [-0.2, -0.15) is 5.26 Å². The summed E-state index contributed by atoms with van der Waals surface area (Å²) in [6, 6.07) is 9.27. The number of primary amides is 1. The molecule has 0 spiro atoms. The van der Waals surface area contributed by atoms with Crippen molar-refractivity contribution >= 4 is 16.8 Å². The van der Waals surface area contributed by atoms with E-state index in [-0.39, 0.29) is 27.9 Å². The number of rotatable bonds is 3. The number of hydrogen-bond donors (Lipinski definition) is 2. The van der Waals surface area contributed by atoms with E-state index in [0.29, 0.717) is 5.69 Å². The molecule has 1 aromatic heterocycles. The highest BCUT2D eigenvalue weighted by Crippen LogP contribution is 2.21. The van der Waals surface area contributed by atoms with Gasteiger partial charge in [0, 0.05) is 5.56 Å². The first-order valence-electron chi connectivity index (χ1n) is 7.65. The lowest BCUT2D eigenvalue weighted by molar-refractivity contribution is 0.1000. The van der Waals surface area contributed by atoms with Crippen LogP contribution in [0.4, 0.5) is 4.39 Å². The monoisotopic (exact) mass is 351 g/mol. The predicted octanol–water partition coefficient (Wildman–Crippen LogP) is 1.52. The van der Waals surface area contributed by atoms with Crippen molar-refractivity contribution in [1.29, 1.82) is 5.26 Å². The van der Waals surface area contributed by atoms with Gasteiger partial charge in [0.25, 0.3) is 5.56 Å². The molecule has 8 heteroatoms. The second kappa shape index (κ2) is 6.38. The van der Waals surface area contributed by atoms with Crippen LogP contribution in [0.5, 0.6) is 0 Å². The van der Waals surface area contributed by atoms with Crippen LogP contribution < -0.4 is 17.0 Å². The first kappa shape index (κ1) is 17.3. The van der Waals surface area contributed by atoms with E-state index in [9.17, 15) is 19.2 Å². The number of nitrogens with zero attached hydrogens (tertiary/aromatic N) is 3. The summed E-state index contributed by atoms with van der Waals surface area (Å²) in [5.74, 6) is -1.21. The van der Waals surface area contributed by atoms with Gasteiger partial charge in [0.05, 0.1) is 28.2 Å². The Morgan fingerprint density at radius 3 is 2.69 bits per heavy atom. The number of benzene rings is 2. The van der Waals surface area contributed by atoms with Crippen LogP contribution in [-0.4, -0.2) is 15.5 Å². The first-order valence-corrected chi connectivity index (χ1v) is 7.65. The molecule has 0 aliphatic rings. The largest absolute Gasteiger partial charge is 0.366 e. The highest BCUT2D eigenvalue weighted by atomic mass is 19.1. The van der Waals surface area contributed by atoms with Gasteiger partial charge in [0.15, 0.2) is 0 Å². The van der Waals surface area contributed by atoms with Gasteiger partial charge in [-0.05, 0) is 37.3 Å². The lowest BCUT2D eigenvalue weighted by Crippen LogP contribution is -2.28. The Balaban J connectivity index is 2.46. The van der Waals surface area contributed by atoms with Crippen LogP contribution in [0.15, 0.2) is 41.2 Å². The molecule has 1 unspecified atom stereocenters. The molecule has 0 aliphatic carbocycles. The summed E-state index contributed by atoms with van der Waals surface area (Å²) < 4.78 is 15.0. The van der Waals surface area contributed by atoms with Gasteiger partial charge in [-0.1, -0.05) is 6.07 Å². The highest BCUT2D eigenvalue weighted by molar-refractivity contribution is 5.93. The molecule has 130 valence electrons. The zero-order valence-electron chi connectivity index (χ0n) is 13.7. The molecule has 0 saturated heterocycles. The van der Waals surface area contributed by atoms with E-state index in [4.69, 9.17) is 11.5 Å². The van der Waals surface area contributed by atoms with E-state index in [1.807, 2.05) is 6.07 Å². The third-order valence-electron chi connectivity index (χ3n) is 3.88. The van der Waals surface area contributed by atoms with Gasteiger partial charge in [0.2, 0.25) is 5.91 Å². The van der Waals surface area contributed by atoms with Gasteiger partial charge in [-0.15, -0.1) is 0 Å². The van der Waals surface area contributed by atoms with Crippen LogP contribution in [0, 0.1) is 17.1 Å². The zero-order chi connectivity index (χ0) is 19.0. The Bertz CT molecular complexity index is 1140. The fourth-order valence-corrected chi connectivity index (χ4v) is 2.71. The normalized spacial score (nSPS) is 11.9. The summed E-state index contributed by atoms with van der Waals surface area (Å²) >= 11 is 0. The van der Waals surface area contributed by atoms with E-state index in [1.54, 1.807) is 19.1 Å². The van der Waals surface area contributed by atoms with Gasteiger partial charge < -0.3 is 11.5 Å². The molecule has 3 aromatic rings. The molecule has 1 amide bonds. The predicted molar refractivity (Wildman–Crippen MR) is 93.1 cm³/mol. The van der Waals surface area contributed by atoms with Gasteiger partial charge in [0.1, 0.15) is 17.7 Å². The Kier molecular flexibility index (Phi) is 4.24. The van der Waals surface area contributed by atoms with Gasteiger partial charge >= 0.3 is 0 Å². The average Bonchev–Trinajstić information content (AvgIpc) is 2.61. The summed E-state index contributed by atoms with van der Waals surface area (Å²) in [4.78, 5) is 28.8. The number of hydrogen-bond acceptors (Lipinski definition) is 5. The summed E-state index contributed by atoms with van der Waals surface area (Å²) in [5.41, 5.74) is 11.2. The molecule has 0 radical (unpaired) electrons. The summed E-state index contributed by atoms with van der Waals surface area (Å²) in [6.07, 6.45) is 0. The molecule has 0 saturated carbocycles. The van der Waals surface area contributed by atoms with Crippen LogP contribution in [0.25, 0.3) is 16.6 Å². The van der Waals surface area contributed by atoms with E-state index in [1.165, 1.54) is 16.7 Å². The van der Waals surface area contributed by atoms with Crippen molar-refractivity contribution in [2.24, 2.45) is 11.5 Å². The number of amides is 1. The number of nitriles is 1. The Hall–Kier alpha value is -3.57. The van der Waals surface area contributed by atoms with Crippen LogP contribution >= 0.6 is 0 Å². The number of nitrogens with two attached hydrogens (primary N) is 2. The number of halogens is 1. The Morgan fingerprint density at radius 2 is 2.08 bits per heavy atom. The van der Waals surface area contributed by atoms with Crippen molar-refractivity contribution in [2.45, 2.75) is 13.0 Å². The average molecular weight is 351 g/mol. The van der Waals surface area contributed by atoms with E-state index >= 15 is 0 Å². The van der Waals surface area contributed by atoms with E-state index in [2.05, 4.69) is 4.98 Å². The highest BCUT2D eigenvalue weighted by Gasteiger charge is 2.19. The molecule has 2 aromatic carbocycles. The maximum Gasteiger partial charge on any atom is 0.266 e. The van der Waals surface area contributed by atoms with Crippen molar-refractivity contribution in [2.75, 3.05) is 0 Å². The van der Waals surface area contributed by atoms with E-state index in [0.717, 1.165) is 12.1 Å². The second-order valence-corrected chi connectivity index (χ2v) is 5.78. The minimum Gasteiger partial charge on any atom is -0.366 e. The maximum absolute atomic E-state index is 13.8. The number of fused-ring (bicyclic) bond motifs is 1. The Labute approximate surface area is 147 Å².